The minimum atomic E-state index is -0.369. The number of methoxy groups -OCH3 is 1. The van der Waals surface area contributed by atoms with Gasteiger partial charge in [-0.15, -0.1) is 11.3 Å². The summed E-state index contributed by atoms with van der Waals surface area (Å²) in [5.41, 5.74) is 1.84. The summed E-state index contributed by atoms with van der Waals surface area (Å²) in [7, 11) is 1.62. The number of thiophene rings is 1. The highest BCUT2D eigenvalue weighted by Gasteiger charge is 2.24. The molecular weight excluding hydrogens is 430 g/mol. The highest BCUT2D eigenvalue weighted by atomic mass is 32.2. The van der Waals surface area contributed by atoms with Crippen LogP contribution in [0.2, 0.25) is 0 Å². The number of hydrogen-bond acceptors (Lipinski definition) is 6. The maximum atomic E-state index is 13.8. The smallest absolute Gasteiger partial charge is 0.267 e. The van der Waals surface area contributed by atoms with Gasteiger partial charge in [-0.25, -0.2) is 4.98 Å². The minimum Gasteiger partial charge on any atom is -0.497 e. The van der Waals surface area contributed by atoms with Crippen LogP contribution >= 0.6 is 23.1 Å². The van der Waals surface area contributed by atoms with Crippen molar-refractivity contribution in [3.05, 3.63) is 45.1 Å². The molecule has 1 aliphatic rings. The molecule has 0 aliphatic heterocycles. The monoisotopic (exact) mass is 457 g/mol. The number of aromatic nitrogens is 2. The Labute approximate surface area is 190 Å². The molecule has 1 amide bonds. The first-order valence-corrected chi connectivity index (χ1v) is 12.4. The molecule has 8 heteroatoms. The van der Waals surface area contributed by atoms with Gasteiger partial charge in [-0.3, -0.25) is 14.2 Å². The van der Waals surface area contributed by atoms with Crippen LogP contribution in [0.3, 0.4) is 0 Å². The topological polar surface area (TPSA) is 73.2 Å². The van der Waals surface area contributed by atoms with Crippen molar-refractivity contribution in [3.63, 3.8) is 0 Å². The van der Waals surface area contributed by atoms with Crippen molar-refractivity contribution in [3.8, 4) is 11.4 Å². The van der Waals surface area contributed by atoms with E-state index in [0.29, 0.717) is 11.7 Å². The molecule has 0 fully saturated rings. The van der Waals surface area contributed by atoms with Gasteiger partial charge in [0.25, 0.3) is 5.56 Å². The number of fused-ring (bicyclic) bond motifs is 3. The third-order valence-corrected chi connectivity index (χ3v) is 7.78. The summed E-state index contributed by atoms with van der Waals surface area (Å²) >= 11 is 2.96. The van der Waals surface area contributed by atoms with E-state index in [9.17, 15) is 9.59 Å². The predicted octanol–water partition coefficient (Wildman–Crippen LogP) is 4.34. The van der Waals surface area contributed by atoms with Gasteiger partial charge in [-0.1, -0.05) is 18.2 Å². The van der Waals surface area contributed by atoms with E-state index in [1.807, 2.05) is 38.1 Å². The molecule has 1 N–H and O–H groups in total. The first-order valence-electron chi connectivity index (χ1n) is 10.7. The van der Waals surface area contributed by atoms with Crippen molar-refractivity contribution >= 4 is 39.2 Å². The molecule has 1 aromatic carbocycles. The lowest BCUT2D eigenvalue weighted by atomic mass is 10.1. The van der Waals surface area contributed by atoms with Gasteiger partial charge in [-0.05, 0) is 69.4 Å². The van der Waals surface area contributed by atoms with E-state index in [0.717, 1.165) is 47.3 Å². The maximum absolute atomic E-state index is 13.8. The Hall–Kier alpha value is -2.32. The molecule has 2 heterocycles. The number of amides is 1. The number of ether oxygens (including phenoxy) is 1. The summed E-state index contributed by atoms with van der Waals surface area (Å²) in [5.74, 6) is 0.658. The predicted molar refractivity (Wildman–Crippen MR) is 127 cm³/mol. The summed E-state index contributed by atoms with van der Waals surface area (Å²) in [6, 6.07) is 7.39. The third kappa shape index (κ3) is 4.36. The summed E-state index contributed by atoms with van der Waals surface area (Å²) in [5, 5.41) is 3.76. The van der Waals surface area contributed by atoms with E-state index >= 15 is 0 Å². The molecule has 1 aliphatic carbocycles. The molecule has 6 nitrogen and oxygen atoms in total. The van der Waals surface area contributed by atoms with Crippen molar-refractivity contribution in [2.75, 3.05) is 13.7 Å². The lowest BCUT2D eigenvalue weighted by Crippen LogP contribution is -2.31. The second kappa shape index (κ2) is 9.44. The zero-order valence-corrected chi connectivity index (χ0v) is 19.7. The zero-order valence-electron chi connectivity index (χ0n) is 18.1. The second-order valence-electron chi connectivity index (χ2n) is 7.63. The van der Waals surface area contributed by atoms with Gasteiger partial charge in [-0.2, -0.15) is 0 Å². The number of thioether (sulfide) groups is 1. The van der Waals surface area contributed by atoms with Crippen LogP contribution < -0.4 is 15.6 Å². The average Bonchev–Trinajstić information content (AvgIpc) is 2.95. The Balaban J connectivity index is 1.89. The normalized spacial score (nSPS) is 14.7. The molecule has 0 saturated heterocycles. The van der Waals surface area contributed by atoms with Gasteiger partial charge in [0.1, 0.15) is 10.6 Å². The van der Waals surface area contributed by atoms with Gasteiger partial charge in [0.15, 0.2) is 5.16 Å². The molecule has 0 saturated carbocycles. The lowest BCUT2D eigenvalue weighted by molar-refractivity contribution is -0.120. The summed E-state index contributed by atoms with van der Waals surface area (Å²) in [6.07, 6.45) is 5.39. The molecule has 0 bridgehead atoms. The number of carbonyl (C=O) groups excluding carboxylic acids is 1. The Bertz CT molecular complexity index is 1150. The SMILES string of the molecule is CCNC(=O)C(C)Sc1nc2sc3c(c2c(=O)n1-c1ccc(OC)cc1)CCCCC3. The molecule has 4 rings (SSSR count). The molecule has 31 heavy (non-hydrogen) atoms. The van der Waals surface area contributed by atoms with Gasteiger partial charge in [0.2, 0.25) is 5.91 Å². The van der Waals surface area contributed by atoms with Gasteiger partial charge in [0, 0.05) is 11.4 Å². The minimum absolute atomic E-state index is 0.0554. The molecule has 164 valence electrons. The van der Waals surface area contributed by atoms with Crippen LogP contribution in [0, 0.1) is 0 Å². The molecule has 2 aromatic heterocycles. The number of rotatable bonds is 6. The van der Waals surface area contributed by atoms with Crippen molar-refractivity contribution in [2.24, 2.45) is 0 Å². The van der Waals surface area contributed by atoms with Gasteiger partial charge >= 0.3 is 0 Å². The van der Waals surface area contributed by atoms with Crippen LogP contribution in [0.25, 0.3) is 15.9 Å². The van der Waals surface area contributed by atoms with E-state index < -0.39 is 0 Å². The van der Waals surface area contributed by atoms with E-state index in [1.54, 1.807) is 23.0 Å². The Morgan fingerprint density at radius 3 is 2.71 bits per heavy atom. The average molecular weight is 458 g/mol. The molecule has 1 atom stereocenters. The van der Waals surface area contributed by atoms with Gasteiger partial charge < -0.3 is 10.1 Å². The lowest BCUT2D eigenvalue weighted by Gasteiger charge is -2.16. The van der Waals surface area contributed by atoms with E-state index in [2.05, 4.69) is 5.32 Å². The van der Waals surface area contributed by atoms with Crippen LogP contribution in [0.4, 0.5) is 0 Å². The zero-order chi connectivity index (χ0) is 22.0. The number of nitrogens with one attached hydrogen (secondary N) is 1. The molecular formula is C23H27N3O3S2. The first kappa shape index (κ1) is 21.9. The standard InChI is InChI=1S/C23H27N3O3S2/c1-4-24-20(27)14(2)30-23-25-21-19(17-8-6-5-7-9-18(17)31-21)22(28)26(23)15-10-12-16(29-3)13-11-15/h10-14H,4-9H2,1-3H3,(H,24,27). The van der Waals surface area contributed by atoms with Crippen molar-refractivity contribution < 1.29 is 9.53 Å². The number of nitrogens with zero attached hydrogens (tertiary/aromatic N) is 2. The number of aryl methyl sites for hydroxylation is 2. The molecule has 3 aromatic rings. The van der Waals surface area contributed by atoms with E-state index in [1.165, 1.54) is 28.6 Å². The van der Waals surface area contributed by atoms with Crippen molar-refractivity contribution in [1.82, 2.24) is 14.9 Å². The van der Waals surface area contributed by atoms with Crippen molar-refractivity contribution in [1.29, 1.82) is 0 Å². The number of carbonyl (C=O) groups is 1. The fourth-order valence-electron chi connectivity index (χ4n) is 3.93. The number of benzene rings is 1. The summed E-state index contributed by atoms with van der Waals surface area (Å²) < 4.78 is 6.93. The fourth-order valence-corrected chi connectivity index (χ4v) is 6.18. The third-order valence-electron chi connectivity index (χ3n) is 5.54. The maximum Gasteiger partial charge on any atom is 0.267 e. The van der Waals surface area contributed by atoms with E-state index in [4.69, 9.17) is 9.72 Å². The molecule has 1 unspecified atom stereocenters. The summed E-state index contributed by atoms with van der Waals surface area (Å²) in [4.78, 5) is 33.2. The van der Waals surface area contributed by atoms with Crippen LogP contribution in [-0.4, -0.2) is 34.4 Å². The largest absolute Gasteiger partial charge is 0.497 e. The highest BCUT2D eigenvalue weighted by molar-refractivity contribution is 8.00. The van der Waals surface area contributed by atoms with E-state index in [-0.39, 0.29) is 16.7 Å². The second-order valence-corrected chi connectivity index (χ2v) is 10.0. The van der Waals surface area contributed by atoms with Crippen LogP contribution in [0.5, 0.6) is 5.75 Å². The first-order chi connectivity index (χ1) is 15.0. The highest BCUT2D eigenvalue weighted by Crippen LogP contribution is 2.35. The summed E-state index contributed by atoms with van der Waals surface area (Å²) in [6.45, 7) is 4.30. The quantitative estimate of drug-likeness (QED) is 0.339. The van der Waals surface area contributed by atoms with Crippen molar-refractivity contribution in [2.45, 2.75) is 56.4 Å². The van der Waals surface area contributed by atoms with Crippen LogP contribution in [0.1, 0.15) is 43.6 Å². The molecule has 0 radical (unpaired) electrons. The Morgan fingerprint density at radius 2 is 2.00 bits per heavy atom. The van der Waals surface area contributed by atoms with Crippen LogP contribution in [-0.2, 0) is 17.6 Å². The van der Waals surface area contributed by atoms with Crippen LogP contribution in [0.15, 0.2) is 34.2 Å². The Kier molecular flexibility index (Phi) is 6.67. The fraction of sp³-hybridized carbons (Fsp3) is 0.435. The Morgan fingerprint density at radius 1 is 1.26 bits per heavy atom. The van der Waals surface area contributed by atoms with Gasteiger partial charge in [0.05, 0.1) is 23.4 Å². The number of hydrogen-bond donors (Lipinski definition) is 1. The molecule has 0 spiro atoms.